The molecule has 0 aliphatic rings. The third kappa shape index (κ3) is 9.35. The number of carboxylic acid groups (broad SMARTS) is 3. The molecule has 10 heteroatoms. The molecule has 2 amide bonds. The number of aliphatic hydroxyl groups is 1. The quantitative estimate of drug-likeness (QED) is 0.345. The zero-order valence-corrected chi connectivity index (χ0v) is 10.3. The van der Waals surface area contributed by atoms with Crippen molar-refractivity contribution in [2.24, 2.45) is 0 Å². The van der Waals surface area contributed by atoms with E-state index in [1.165, 1.54) is 0 Å². The maximum Gasteiger partial charge on any atom is 0.336 e. The van der Waals surface area contributed by atoms with Gasteiger partial charge in [-0.2, -0.15) is 0 Å². The molecule has 0 aromatic carbocycles. The van der Waals surface area contributed by atoms with Gasteiger partial charge in [0.25, 0.3) is 0 Å². The number of rotatable bonds is 5. The highest BCUT2D eigenvalue weighted by Crippen LogP contribution is 2.15. The molecule has 19 heavy (non-hydrogen) atoms. The summed E-state index contributed by atoms with van der Waals surface area (Å²) in [6.45, 7) is 0. The Bertz CT molecular complexity index is 332. The van der Waals surface area contributed by atoms with Gasteiger partial charge < -0.3 is 31.1 Å². The smallest absolute Gasteiger partial charge is 0.336 e. The van der Waals surface area contributed by atoms with Gasteiger partial charge in [0.15, 0.2) is 5.60 Å². The van der Waals surface area contributed by atoms with Crippen LogP contribution in [0.4, 0.5) is 4.79 Å². The molecule has 0 aliphatic heterocycles. The summed E-state index contributed by atoms with van der Waals surface area (Å²) in [6, 6.07) is -0.157. The molecule has 0 aromatic heterocycles. The van der Waals surface area contributed by atoms with Gasteiger partial charge in [-0.05, 0) is 0 Å². The normalized spacial score (nSPS) is 9.63. The molecule has 0 heterocycles. The van der Waals surface area contributed by atoms with Gasteiger partial charge >= 0.3 is 23.9 Å². The van der Waals surface area contributed by atoms with Gasteiger partial charge in [-0.3, -0.25) is 9.59 Å². The molecule has 0 saturated carbocycles. The molecule has 0 aliphatic carbocycles. The average molecular weight is 280 g/mol. The van der Waals surface area contributed by atoms with Crippen LogP contribution in [-0.4, -0.2) is 64.1 Å². The number of carboxylic acids is 3. The summed E-state index contributed by atoms with van der Waals surface area (Å²) < 4.78 is 0. The van der Waals surface area contributed by atoms with Crippen molar-refractivity contribution >= 4 is 23.9 Å². The van der Waals surface area contributed by atoms with Crippen molar-refractivity contribution in [2.45, 2.75) is 18.4 Å². The summed E-state index contributed by atoms with van der Waals surface area (Å²) in [5.41, 5.74) is -2.74. The van der Waals surface area contributed by atoms with E-state index in [0.29, 0.717) is 0 Å². The third-order valence-electron chi connectivity index (χ3n) is 1.74. The molecule has 10 nitrogen and oxygen atoms in total. The van der Waals surface area contributed by atoms with Crippen LogP contribution in [0.2, 0.25) is 0 Å². The van der Waals surface area contributed by atoms with Gasteiger partial charge in [-0.1, -0.05) is 0 Å². The maximum atomic E-state index is 10.3. The van der Waals surface area contributed by atoms with E-state index in [4.69, 9.17) is 20.4 Å². The Balaban J connectivity index is 0. The van der Waals surface area contributed by atoms with Crippen LogP contribution in [0.3, 0.4) is 0 Å². The Morgan fingerprint density at radius 2 is 1.21 bits per heavy atom. The summed E-state index contributed by atoms with van der Waals surface area (Å²) in [5, 5.41) is 38.5. The largest absolute Gasteiger partial charge is 0.481 e. The van der Waals surface area contributed by atoms with Gasteiger partial charge in [0, 0.05) is 14.1 Å². The van der Waals surface area contributed by atoms with Gasteiger partial charge in [0.05, 0.1) is 12.8 Å². The van der Waals surface area contributed by atoms with Crippen molar-refractivity contribution in [3.8, 4) is 0 Å². The van der Waals surface area contributed by atoms with Crippen molar-refractivity contribution in [1.82, 2.24) is 10.6 Å². The SMILES string of the molecule is CNC(=O)NC.O=C(O)CC(O)(CC(=O)O)C(=O)O. The van der Waals surface area contributed by atoms with E-state index in [1.807, 2.05) is 0 Å². The summed E-state index contributed by atoms with van der Waals surface area (Å²) >= 11 is 0. The highest BCUT2D eigenvalue weighted by Gasteiger charge is 2.40. The van der Waals surface area contributed by atoms with E-state index in [2.05, 4.69) is 10.6 Å². The fraction of sp³-hybridized carbons (Fsp3) is 0.556. The first-order valence-corrected chi connectivity index (χ1v) is 4.88. The van der Waals surface area contributed by atoms with E-state index in [-0.39, 0.29) is 6.03 Å². The van der Waals surface area contributed by atoms with E-state index in [0.717, 1.165) is 0 Å². The molecule has 0 aromatic rings. The molecular formula is C9H16N2O8. The lowest BCUT2D eigenvalue weighted by atomic mass is 9.96. The van der Waals surface area contributed by atoms with Gasteiger partial charge in [0.2, 0.25) is 0 Å². The van der Waals surface area contributed by atoms with Gasteiger partial charge in [-0.15, -0.1) is 0 Å². The molecule has 0 bridgehead atoms. The van der Waals surface area contributed by atoms with Crippen molar-refractivity contribution in [3.05, 3.63) is 0 Å². The number of amides is 2. The summed E-state index contributed by atoms with van der Waals surface area (Å²) in [4.78, 5) is 40.4. The molecule has 0 spiro atoms. The van der Waals surface area contributed by atoms with Crippen LogP contribution in [-0.2, 0) is 14.4 Å². The lowest BCUT2D eigenvalue weighted by molar-refractivity contribution is -0.170. The molecule has 110 valence electrons. The zero-order chi connectivity index (χ0) is 15.6. The van der Waals surface area contributed by atoms with Crippen LogP contribution in [0.25, 0.3) is 0 Å². The van der Waals surface area contributed by atoms with Crippen LogP contribution in [0, 0.1) is 0 Å². The van der Waals surface area contributed by atoms with E-state index >= 15 is 0 Å². The Hall–Kier alpha value is -2.36. The second-order valence-electron chi connectivity index (χ2n) is 3.31. The van der Waals surface area contributed by atoms with Gasteiger partial charge in [-0.25, -0.2) is 9.59 Å². The van der Waals surface area contributed by atoms with Crippen LogP contribution in [0.1, 0.15) is 12.8 Å². The molecule has 0 fully saturated rings. The molecule has 0 unspecified atom stereocenters. The summed E-state index contributed by atoms with van der Waals surface area (Å²) in [7, 11) is 3.14. The van der Waals surface area contributed by atoms with Crippen LogP contribution in [0.5, 0.6) is 0 Å². The lowest BCUT2D eigenvalue weighted by Crippen LogP contribution is -2.42. The second kappa shape index (κ2) is 8.69. The fourth-order valence-electron chi connectivity index (χ4n) is 0.839. The molecule has 0 atom stereocenters. The third-order valence-corrected chi connectivity index (χ3v) is 1.74. The summed E-state index contributed by atoms with van der Waals surface area (Å²) in [5.74, 6) is -5.02. The summed E-state index contributed by atoms with van der Waals surface area (Å²) in [6.07, 6.45) is -2.29. The fourth-order valence-corrected chi connectivity index (χ4v) is 0.839. The lowest BCUT2D eigenvalue weighted by Gasteiger charge is -2.18. The number of hydrogen-bond donors (Lipinski definition) is 6. The van der Waals surface area contributed by atoms with Crippen LogP contribution >= 0.6 is 0 Å². The Labute approximate surface area is 108 Å². The highest BCUT2D eigenvalue weighted by molar-refractivity contribution is 5.88. The van der Waals surface area contributed by atoms with Gasteiger partial charge in [0.1, 0.15) is 0 Å². The second-order valence-corrected chi connectivity index (χ2v) is 3.31. The van der Waals surface area contributed by atoms with Crippen LogP contribution in [0.15, 0.2) is 0 Å². The average Bonchev–Trinajstić information content (AvgIpc) is 2.26. The predicted molar refractivity (Wildman–Crippen MR) is 60.6 cm³/mol. The molecule has 0 radical (unpaired) electrons. The molecular weight excluding hydrogens is 264 g/mol. The number of nitrogens with one attached hydrogen (secondary N) is 2. The van der Waals surface area contributed by atoms with Crippen LogP contribution < -0.4 is 10.6 Å². The Kier molecular flexibility index (Phi) is 8.69. The standard InChI is InChI=1S/C6H8O7.C3H8N2O/c7-3(8)1-6(13,5(11)12)2-4(9)10;1-4-3(6)5-2/h13H,1-2H2,(H,7,8)(H,9,10)(H,11,12);1-2H3,(H2,4,5,6). The number of carbonyl (C=O) groups excluding carboxylic acids is 1. The topological polar surface area (TPSA) is 173 Å². The van der Waals surface area contributed by atoms with E-state index < -0.39 is 36.4 Å². The zero-order valence-electron chi connectivity index (χ0n) is 10.3. The van der Waals surface area contributed by atoms with E-state index in [1.54, 1.807) is 14.1 Å². The first kappa shape index (κ1) is 19.0. The molecule has 0 saturated heterocycles. The number of aliphatic carboxylic acids is 3. The highest BCUT2D eigenvalue weighted by atomic mass is 16.4. The monoisotopic (exact) mass is 280 g/mol. The minimum atomic E-state index is -2.74. The van der Waals surface area contributed by atoms with Crippen molar-refractivity contribution in [3.63, 3.8) is 0 Å². The molecule has 0 rings (SSSR count). The Morgan fingerprint density at radius 3 is 1.32 bits per heavy atom. The van der Waals surface area contributed by atoms with E-state index in [9.17, 15) is 19.2 Å². The van der Waals surface area contributed by atoms with Crippen molar-refractivity contribution in [1.29, 1.82) is 0 Å². The first-order valence-electron chi connectivity index (χ1n) is 4.88. The number of hydrogen-bond acceptors (Lipinski definition) is 5. The van der Waals surface area contributed by atoms with Crippen molar-refractivity contribution in [2.75, 3.05) is 14.1 Å². The Morgan fingerprint density at radius 1 is 0.895 bits per heavy atom. The predicted octanol–water partition coefficient (Wildman–Crippen LogP) is -1.70. The number of carbonyl (C=O) groups is 4. The molecule has 6 N–H and O–H groups in total. The van der Waals surface area contributed by atoms with Crippen molar-refractivity contribution < 1.29 is 39.6 Å². The first-order chi connectivity index (χ1) is 8.58. The maximum absolute atomic E-state index is 10.3. The minimum absolute atomic E-state index is 0.157. The minimum Gasteiger partial charge on any atom is -0.481 e. The number of urea groups is 1.